The van der Waals surface area contributed by atoms with Crippen LogP contribution >= 0.6 is 27.3 Å². The molecule has 4 nitrogen and oxygen atoms in total. The summed E-state index contributed by atoms with van der Waals surface area (Å²) < 4.78 is 2.90. The first-order valence-corrected chi connectivity index (χ1v) is 9.48. The first-order chi connectivity index (χ1) is 10.8. The molecule has 0 spiro atoms. The first kappa shape index (κ1) is 18.2. The summed E-state index contributed by atoms with van der Waals surface area (Å²) in [6.07, 6.45) is 5.75. The van der Waals surface area contributed by atoms with Gasteiger partial charge in [-0.15, -0.1) is 11.3 Å². The van der Waals surface area contributed by atoms with E-state index in [0.717, 1.165) is 22.2 Å². The largest absolute Gasteiger partial charge is 0.346 e. The van der Waals surface area contributed by atoms with Crippen molar-refractivity contribution in [2.75, 3.05) is 0 Å². The van der Waals surface area contributed by atoms with Gasteiger partial charge in [0.05, 0.1) is 17.5 Å². The number of hydrogen-bond acceptors (Lipinski definition) is 3. The Balaban J connectivity index is 2.12. The van der Waals surface area contributed by atoms with Gasteiger partial charge in [-0.05, 0) is 39.9 Å². The summed E-state index contributed by atoms with van der Waals surface area (Å²) in [6, 6.07) is 3.83. The highest BCUT2D eigenvalue weighted by Gasteiger charge is 2.28. The maximum atomic E-state index is 12.6. The number of amides is 1. The molecule has 2 aromatic heterocycles. The fourth-order valence-corrected chi connectivity index (χ4v) is 4.15. The lowest BCUT2D eigenvalue weighted by atomic mass is 9.86. The predicted octanol–water partition coefficient (Wildman–Crippen LogP) is 4.50. The molecule has 0 saturated heterocycles. The summed E-state index contributed by atoms with van der Waals surface area (Å²) in [5.41, 5.74) is -0.0532. The summed E-state index contributed by atoms with van der Waals surface area (Å²) in [5.74, 6) is -0.00914. The molecule has 0 aliphatic heterocycles. The molecule has 1 N–H and O–H groups in total. The number of rotatable bonds is 6. The predicted molar refractivity (Wildman–Crippen MR) is 99.0 cm³/mol. The fourth-order valence-electron chi connectivity index (χ4n) is 2.28. The maximum absolute atomic E-state index is 12.6. The van der Waals surface area contributed by atoms with Gasteiger partial charge in [0.2, 0.25) is 0 Å². The van der Waals surface area contributed by atoms with E-state index >= 15 is 0 Å². The second kappa shape index (κ2) is 7.62. The highest BCUT2D eigenvalue weighted by Crippen LogP contribution is 2.29. The Hall–Kier alpha value is -1.14. The Kier molecular flexibility index (Phi) is 6.03. The van der Waals surface area contributed by atoms with E-state index in [1.807, 2.05) is 23.0 Å². The van der Waals surface area contributed by atoms with Gasteiger partial charge < -0.3 is 5.32 Å². The van der Waals surface area contributed by atoms with Gasteiger partial charge in [0.25, 0.3) is 5.91 Å². The van der Waals surface area contributed by atoms with Crippen LogP contribution in [0, 0.1) is 5.41 Å². The topological polar surface area (TPSA) is 46.9 Å². The third kappa shape index (κ3) is 4.91. The number of carbonyl (C=O) groups is 1. The lowest BCUT2D eigenvalue weighted by Gasteiger charge is -2.31. The van der Waals surface area contributed by atoms with Crippen LogP contribution in [0.3, 0.4) is 0 Å². The van der Waals surface area contributed by atoms with Crippen LogP contribution in [0.15, 0.2) is 29.0 Å². The molecule has 0 aliphatic carbocycles. The number of nitrogens with zero attached hydrogens (tertiary/aromatic N) is 2. The summed E-state index contributed by atoms with van der Waals surface area (Å²) in [5, 5.41) is 7.44. The molecule has 0 aliphatic rings. The molecular weight excluding hydrogens is 374 g/mol. The first-order valence-electron chi connectivity index (χ1n) is 7.87. The van der Waals surface area contributed by atoms with Crippen LogP contribution in [0.1, 0.15) is 48.7 Å². The number of thiophene rings is 1. The standard InChI is InChI=1S/C17H24BrN3OS/c1-5-7-13-12(18)10-14(23-13)16(22)20-15(17(2,3)4)11-21-9-6-8-19-21/h6,8-10,15H,5,7,11H2,1-4H3,(H,20,22). The van der Waals surface area contributed by atoms with Gasteiger partial charge in [0, 0.05) is 21.7 Å². The third-order valence-electron chi connectivity index (χ3n) is 3.74. The second-order valence-corrected chi connectivity index (χ2v) is 8.74. The molecule has 6 heteroatoms. The molecule has 126 valence electrons. The van der Waals surface area contributed by atoms with Crippen LogP contribution in [-0.2, 0) is 13.0 Å². The molecule has 1 unspecified atom stereocenters. The van der Waals surface area contributed by atoms with Crippen LogP contribution in [-0.4, -0.2) is 21.7 Å². The Morgan fingerprint density at radius 2 is 2.22 bits per heavy atom. The van der Waals surface area contributed by atoms with Gasteiger partial charge in [0.15, 0.2) is 0 Å². The van der Waals surface area contributed by atoms with Crippen molar-refractivity contribution in [3.63, 3.8) is 0 Å². The molecule has 0 bridgehead atoms. The van der Waals surface area contributed by atoms with Crippen LogP contribution in [0.4, 0.5) is 0 Å². The number of carbonyl (C=O) groups excluding carboxylic acids is 1. The molecule has 0 saturated carbocycles. The zero-order valence-corrected chi connectivity index (χ0v) is 16.5. The number of halogens is 1. The van der Waals surface area contributed by atoms with Gasteiger partial charge in [0.1, 0.15) is 0 Å². The van der Waals surface area contributed by atoms with Gasteiger partial charge in [-0.25, -0.2) is 0 Å². The van der Waals surface area contributed by atoms with E-state index in [-0.39, 0.29) is 17.4 Å². The van der Waals surface area contributed by atoms with Gasteiger partial charge >= 0.3 is 0 Å². The van der Waals surface area contributed by atoms with E-state index in [9.17, 15) is 4.79 Å². The Labute approximate surface area is 150 Å². The SMILES string of the molecule is CCCc1sc(C(=O)NC(Cn2cccn2)C(C)(C)C)cc1Br. The van der Waals surface area contributed by atoms with Crippen molar-refractivity contribution in [3.05, 3.63) is 38.8 Å². The minimum Gasteiger partial charge on any atom is -0.346 e. The zero-order valence-electron chi connectivity index (χ0n) is 14.1. The molecular formula is C17H24BrN3OS. The van der Waals surface area contributed by atoms with E-state index in [2.05, 4.69) is 54.0 Å². The molecule has 1 amide bonds. The summed E-state index contributed by atoms with van der Waals surface area (Å²) >= 11 is 5.13. The second-order valence-electron chi connectivity index (χ2n) is 6.75. The minimum absolute atomic E-state index is 0.00500. The highest BCUT2D eigenvalue weighted by atomic mass is 79.9. The quantitative estimate of drug-likeness (QED) is 0.779. The minimum atomic E-state index is -0.0532. The van der Waals surface area contributed by atoms with Crippen LogP contribution in [0.25, 0.3) is 0 Å². The van der Waals surface area contributed by atoms with Crippen LogP contribution in [0.2, 0.25) is 0 Å². The van der Waals surface area contributed by atoms with Crippen molar-refractivity contribution in [3.8, 4) is 0 Å². The van der Waals surface area contributed by atoms with E-state index in [1.54, 1.807) is 17.5 Å². The smallest absolute Gasteiger partial charge is 0.261 e. The summed E-state index contributed by atoms with van der Waals surface area (Å²) in [4.78, 5) is 14.6. The lowest BCUT2D eigenvalue weighted by Crippen LogP contribution is -2.46. The van der Waals surface area contributed by atoms with Crippen molar-refractivity contribution >= 4 is 33.2 Å². The van der Waals surface area contributed by atoms with Crippen LogP contribution < -0.4 is 5.32 Å². The number of nitrogens with one attached hydrogen (secondary N) is 1. The molecule has 23 heavy (non-hydrogen) atoms. The highest BCUT2D eigenvalue weighted by molar-refractivity contribution is 9.10. The van der Waals surface area contributed by atoms with Gasteiger partial charge in [-0.3, -0.25) is 9.48 Å². The van der Waals surface area contributed by atoms with E-state index in [0.29, 0.717) is 6.54 Å². The fraction of sp³-hybridized carbons (Fsp3) is 0.529. The summed E-state index contributed by atoms with van der Waals surface area (Å²) in [7, 11) is 0. The average molecular weight is 398 g/mol. The normalized spacial score (nSPS) is 13.1. The van der Waals surface area contributed by atoms with E-state index < -0.39 is 0 Å². The van der Waals surface area contributed by atoms with Crippen molar-refractivity contribution in [1.82, 2.24) is 15.1 Å². The van der Waals surface area contributed by atoms with Crippen LogP contribution in [0.5, 0.6) is 0 Å². The molecule has 0 fully saturated rings. The van der Waals surface area contributed by atoms with E-state index in [4.69, 9.17) is 0 Å². The molecule has 0 aromatic carbocycles. The molecule has 0 radical (unpaired) electrons. The maximum Gasteiger partial charge on any atom is 0.261 e. The number of aryl methyl sites for hydroxylation is 1. The molecule has 2 heterocycles. The number of aromatic nitrogens is 2. The van der Waals surface area contributed by atoms with Crippen molar-refractivity contribution in [2.24, 2.45) is 5.41 Å². The van der Waals surface area contributed by atoms with Crippen molar-refractivity contribution < 1.29 is 4.79 Å². The van der Waals surface area contributed by atoms with Crippen molar-refractivity contribution in [2.45, 2.75) is 53.1 Å². The monoisotopic (exact) mass is 397 g/mol. The summed E-state index contributed by atoms with van der Waals surface area (Å²) in [6.45, 7) is 9.21. The molecule has 2 rings (SSSR count). The average Bonchev–Trinajstić information content (AvgIpc) is 3.08. The Morgan fingerprint density at radius 1 is 1.48 bits per heavy atom. The van der Waals surface area contributed by atoms with Crippen molar-refractivity contribution in [1.29, 1.82) is 0 Å². The van der Waals surface area contributed by atoms with Gasteiger partial charge in [-0.1, -0.05) is 34.1 Å². The third-order valence-corrected chi connectivity index (χ3v) is 5.90. The zero-order chi connectivity index (χ0) is 17.0. The van der Waals surface area contributed by atoms with E-state index in [1.165, 1.54) is 4.88 Å². The molecule has 1 atom stereocenters. The lowest BCUT2D eigenvalue weighted by molar-refractivity contribution is 0.0894. The number of hydrogen-bond donors (Lipinski definition) is 1. The Morgan fingerprint density at radius 3 is 2.78 bits per heavy atom. The Bertz CT molecular complexity index is 643. The molecule has 2 aromatic rings. The van der Waals surface area contributed by atoms with Gasteiger partial charge in [-0.2, -0.15) is 5.10 Å².